The van der Waals surface area contributed by atoms with Crippen molar-refractivity contribution in [3.8, 4) is 11.5 Å². The van der Waals surface area contributed by atoms with Gasteiger partial charge in [-0.2, -0.15) is 4.98 Å². The van der Waals surface area contributed by atoms with E-state index in [1.807, 2.05) is 24.3 Å². The molecule has 0 bridgehead atoms. The van der Waals surface area contributed by atoms with Gasteiger partial charge in [0.2, 0.25) is 5.95 Å². The van der Waals surface area contributed by atoms with Crippen molar-refractivity contribution in [2.75, 3.05) is 69.3 Å². The van der Waals surface area contributed by atoms with Gasteiger partial charge in [0.05, 0.1) is 19.4 Å². The molecular weight excluding hydrogens is 366 g/mol. The fraction of sp³-hybridized carbons (Fsp3) is 0.474. The van der Waals surface area contributed by atoms with Crippen molar-refractivity contribution >= 4 is 23.4 Å². The van der Waals surface area contributed by atoms with Crippen molar-refractivity contribution in [3.05, 3.63) is 35.5 Å². The molecule has 4 rings (SSSR count). The molecule has 2 aromatic rings. The van der Waals surface area contributed by atoms with E-state index in [1.54, 1.807) is 6.20 Å². The summed E-state index contributed by atoms with van der Waals surface area (Å²) in [5, 5.41) is 0.681. The van der Waals surface area contributed by atoms with Gasteiger partial charge in [0.25, 0.3) is 0 Å². The highest BCUT2D eigenvalue weighted by molar-refractivity contribution is 6.30. The maximum atomic E-state index is 6.10. The number of rotatable bonds is 4. The second-order valence-corrected chi connectivity index (χ2v) is 7.24. The number of benzene rings is 1. The van der Waals surface area contributed by atoms with Crippen LogP contribution in [0.1, 0.15) is 0 Å². The molecule has 27 heavy (non-hydrogen) atoms. The number of ether oxygens (including phenoxy) is 2. The molecule has 0 unspecified atom stereocenters. The Morgan fingerprint density at radius 1 is 0.963 bits per heavy atom. The SMILES string of the molecule is CN1CCN(c2nc(N3CCOCC3)ncc2Oc2ccc(Cl)cc2)CC1. The average Bonchev–Trinajstić information content (AvgIpc) is 2.71. The minimum atomic E-state index is 0.666. The zero-order valence-electron chi connectivity index (χ0n) is 15.5. The van der Waals surface area contributed by atoms with Crippen LogP contribution in [0.5, 0.6) is 11.5 Å². The number of anilines is 2. The zero-order chi connectivity index (χ0) is 18.6. The molecule has 0 saturated carbocycles. The summed E-state index contributed by atoms with van der Waals surface area (Å²) in [6.07, 6.45) is 1.78. The first kappa shape index (κ1) is 18.3. The summed E-state index contributed by atoms with van der Waals surface area (Å²) in [4.78, 5) is 16.2. The Bertz CT molecular complexity index is 759. The Kier molecular flexibility index (Phi) is 5.61. The quantitative estimate of drug-likeness (QED) is 0.796. The van der Waals surface area contributed by atoms with Crippen LogP contribution < -0.4 is 14.5 Å². The van der Waals surface area contributed by atoms with Crippen molar-refractivity contribution < 1.29 is 9.47 Å². The highest BCUT2D eigenvalue weighted by atomic mass is 35.5. The lowest BCUT2D eigenvalue weighted by atomic mass is 10.3. The van der Waals surface area contributed by atoms with Crippen LogP contribution in [-0.4, -0.2) is 74.4 Å². The number of nitrogens with zero attached hydrogens (tertiary/aromatic N) is 5. The molecule has 1 aromatic carbocycles. The van der Waals surface area contributed by atoms with Crippen molar-refractivity contribution in [2.45, 2.75) is 0 Å². The first-order chi connectivity index (χ1) is 13.2. The second-order valence-electron chi connectivity index (χ2n) is 6.80. The Hall–Kier alpha value is -2.09. The molecule has 2 fully saturated rings. The molecule has 2 saturated heterocycles. The van der Waals surface area contributed by atoms with E-state index in [1.165, 1.54) is 0 Å². The monoisotopic (exact) mass is 389 g/mol. The van der Waals surface area contributed by atoms with E-state index in [4.69, 9.17) is 26.1 Å². The molecule has 0 radical (unpaired) electrons. The summed E-state index contributed by atoms with van der Waals surface area (Å²) < 4.78 is 11.5. The minimum Gasteiger partial charge on any atom is -0.452 e. The average molecular weight is 390 g/mol. The van der Waals surface area contributed by atoms with Gasteiger partial charge in [0.1, 0.15) is 5.75 Å². The van der Waals surface area contributed by atoms with Gasteiger partial charge in [-0.25, -0.2) is 4.98 Å². The Morgan fingerprint density at radius 3 is 2.37 bits per heavy atom. The molecule has 3 heterocycles. The maximum absolute atomic E-state index is 6.10. The van der Waals surface area contributed by atoms with E-state index in [-0.39, 0.29) is 0 Å². The van der Waals surface area contributed by atoms with Gasteiger partial charge >= 0.3 is 0 Å². The Balaban J connectivity index is 1.62. The van der Waals surface area contributed by atoms with E-state index in [9.17, 15) is 0 Å². The molecule has 0 N–H and O–H groups in total. The van der Waals surface area contributed by atoms with Crippen LogP contribution >= 0.6 is 11.6 Å². The largest absolute Gasteiger partial charge is 0.452 e. The summed E-state index contributed by atoms with van der Waals surface area (Å²) in [6, 6.07) is 7.34. The molecule has 8 heteroatoms. The molecule has 7 nitrogen and oxygen atoms in total. The van der Waals surface area contributed by atoms with Gasteiger partial charge in [-0.05, 0) is 31.3 Å². The number of hydrogen-bond acceptors (Lipinski definition) is 7. The lowest BCUT2D eigenvalue weighted by molar-refractivity contribution is 0.122. The zero-order valence-corrected chi connectivity index (χ0v) is 16.2. The molecule has 0 atom stereocenters. The summed E-state index contributed by atoms with van der Waals surface area (Å²) in [5.41, 5.74) is 0. The summed E-state index contributed by atoms with van der Waals surface area (Å²) in [5.74, 6) is 2.96. The van der Waals surface area contributed by atoms with E-state index in [2.05, 4.69) is 26.7 Å². The number of piperazine rings is 1. The van der Waals surface area contributed by atoms with Crippen LogP contribution in [0, 0.1) is 0 Å². The number of aromatic nitrogens is 2. The lowest BCUT2D eigenvalue weighted by Gasteiger charge is -2.34. The second kappa shape index (κ2) is 8.29. The molecular formula is C19H24ClN5O2. The topological polar surface area (TPSA) is 54.0 Å². The van der Waals surface area contributed by atoms with Crippen LogP contribution in [0.15, 0.2) is 30.5 Å². The van der Waals surface area contributed by atoms with Gasteiger partial charge in [0.15, 0.2) is 11.6 Å². The number of morpholine rings is 1. The summed E-state index contributed by atoms with van der Waals surface area (Å²) >= 11 is 5.98. The molecule has 144 valence electrons. The maximum Gasteiger partial charge on any atom is 0.227 e. The first-order valence-corrected chi connectivity index (χ1v) is 9.63. The predicted molar refractivity (Wildman–Crippen MR) is 106 cm³/mol. The standard InChI is InChI=1S/C19H24ClN5O2/c1-23-6-8-24(9-7-23)18-17(27-16-4-2-15(20)3-5-16)14-21-19(22-18)25-10-12-26-13-11-25/h2-5,14H,6-13H2,1H3. The summed E-state index contributed by atoms with van der Waals surface area (Å²) in [6.45, 7) is 6.83. The molecule has 0 spiro atoms. The third kappa shape index (κ3) is 4.43. The molecule has 2 aliphatic heterocycles. The van der Waals surface area contributed by atoms with E-state index in [0.717, 1.165) is 56.8 Å². The third-order valence-corrected chi connectivity index (χ3v) is 5.11. The fourth-order valence-electron chi connectivity index (χ4n) is 3.21. The van der Waals surface area contributed by atoms with Gasteiger partial charge in [0, 0.05) is 44.3 Å². The Labute approximate surface area is 164 Å². The molecule has 2 aliphatic rings. The predicted octanol–water partition coefficient (Wildman–Crippen LogP) is 2.51. The third-order valence-electron chi connectivity index (χ3n) is 4.86. The van der Waals surface area contributed by atoms with E-state index in [0.29, 0.717) is 24.0 Å². The van der Waals surface area contributed by atoms with Gasteiger partial charge < -0.3 is 24.2 Å². The number of halogens is 1. The fourth-order valence-corrected chi connectivity index (χ4v) is 3.34. The number of hydrogen-bond donors (Lipinski definition) is 0. The van der Waals surface area contributed by atoms with Crippen LogP contribution in [0.4, 0.5) is 11.8 Å². The van der Waals surface area contributed by atoms with Gasteiger partial charge in [-0.1, -0.05) is 11.6 Å². The highest BCUT2D eigenvalue weighted by Crippen LogP contribution is 2.32. The normalized spacial score (nSPS) is 18.6. The highest BCUT2D eigenvalue weighted by Gasteiger charge is 2.23. The summed E-state index contributed by atoms with van der Waals surface area (Å²) in [7, 11) is 2.14. The van der Waals surface area contributed by atoms with Crippen LogP contribution in [0.25, 0.3) is 0 Å². The molecule has 0 amide bonds. The number of likely N-dealkylation sites (N-methyl/N-ethyl adjacent to an activating group) is 1. The van der Waals surface area contributed by atoms with Gasteiger partial charge in [-0.15, -0.1) is 0 Å². The smallest absolute Gasteiger partial charge is 0.227 e. The Morgan fingerprint density at radius 2 is 1.67 bits per heavy atom. The van der Waals surface area contributed by atoms with Crippen molar-refractivity contribution in [1.29, 1.82) is 0 Å². The van der Waals surface area contributed by atoms with Crippen LogP contribution in [0.3, 0.4) is 0 Å². The van der Waals surface area contributed by atoms with Crippen molar-refractivity contribution in [3.63, 3.8) is 0 Å². The molecule has 0 aliphatic carbocycles. The van der Waals surface area contributed by atoms with Crippen molar-refractivity contribution in [2.24, 2.45) is 0 Å². The molecule has 1 aromatic heterocycles. The first-order valence-electron chi connectivity index (χ1n) is 9.26. The minimum absolute atomic E-state index is 0.666. The van der Waals surface area contributed by atoms with Crippen LogP contribution in [0.2, 0.25) is 5.02 Å². The van der Waals surface area contributed by atoms with E-state index >= 15 is 0 Å². The van der Waals surface area contributed by atoms with Crippen molar-refractivity contribution in [1.82, 2.24) is 14.9 Å². The van der Waals surface area contributed by atoms with Gasteiger partial charge in [-0.3, -0.25) is 0 Å². The van der Waals surface area contributed by atoms with Crippen LogP contribution in [-0.2, 0) is 4.74 Å². The lowest BCUT2D eigenvalue weighted by Crippen LogP contribution is -2.45. The van der Waals surface area contributed by atoms with E-state index < -0.39 is 0 Å².